The number of anilines is 1. The van der Waals surface area contributed by atoms with Gasteiger partial charge in [0.2, 0.25) is 0 Å². The van der Waals surface area contributed by atoms with Crippen molar-refractivity contribution < 1.29 is 14.0 Å². The number of rotatable bonds is 4. The summed E-state index contributed by atoms with van der Waals surface area (Å²) in [7, 11) is 1.62. The van der Waals surface area contributed by atoms with Gasteiger partial charge in [0.25, 0.3) is 11.8 Å². The minimum Gasteiger partial charge on any atom is -0.349 e. The van der Waals surface area contributed by atoms with Crippen LogP contribution in [0, 0.1) is 5.82 Å². The fourth-order valence-electron chi connectivity index (χ4n) is 3.36. The summed E-state index contributed by atoms with van der Waals surface area (Å²) in [5.41, 5.74) is 1.38. The van der Waals surface area contributed by atoms with E-state index in [2.05, 4.69) is 5.32 Å². The van der Waals surface area contributed by atoms with Gasteiger partial charge in [0.1, 0.15) is 5.82 Å². The standard InChI is InChI=1S/C21H23FN2O2/c1-24(21(26)15-11-13-16(22)14-12-15)19-10-6-5-9-18(19)20(25)23-17-7-3-2-4-8-17/h5-6,9-14,17H,2-4,7-8H2,1H3,(H,23,25). The van der Waals surface area contributed by atoms with Crippen molar-refractivity contribution >= 4 is 17.5 Å². The molecule has 2 amide bonds. The molecule has 136 valence electrons. The maximum atomic E-state index is 13.1. The summed E-state index contributed by atoms with van der Waals surface area (Å²) in [6, 6.07) is 12.6. The lowest BCUT2D eigenvalue weighted by Gasteiger charge is -2.25. The van der Waals surface area contributed by atoms with Crippen molar-refractivity contribution in [3.05, 3.63) is 65.5 Å². The van der Waals surface area contributed by atoms with Crippen molar-refractivity contribution in [1.29, 1.82) is 0 Å². The lowest BCUT2D eigenvalue weighted by Crippen LogP contribution is -2.37. The summed E-state index contributed by atoms with van der Waals surface area (Å²) >= 11 is 0. The molecule has 1 fully saturated rings. The Bertz CT molecular complexity index is 783. The number of hydrogen-bond donors (Lipinski definition) is 1. The molecule has 1 aliphatic rings. The van der Waals surface area contributed by atoms with Crippen LogP contribution < -0.4 is 10.2 Å². The predicted molar refractivity (Wildman–Crippen MR) is 99.9 cm³/mol. The van der Waals surface area contributed by atoms with Gasteiger partial charge in [-0.15, -0.1) is 0 Å². The Labute approximate surface area is 153 Å². The lowest BCUT2D eigenvalue weighted by atomic mass is 9.95. The first kappa shape index (κ1) is 18.1. The van der Waals surface area contributed by atoms with E-state index in [1.807, 2.05) is 0 Å². The second kappa shape index (κ2) is 8.13. The summed E-state index contributed by atoms with van der Waals surface area (Å²) in [5.74, 6) is -0.842. The van der Waals surface area contributed by atoms with E-state index in [4.69, 9.17) is 0 Å². The molecule has 2 aromatic rings. The molecule has 0 unspecified atom stereocenters. The number of para-hydroxylation sites is 1. The SMILES string of the molecule is CN(C(=O)c1ccc(F)cc1)c1ccccc1C(=O)NC1CCCCC1. The monoisotopic (exact) mass is 354 g/mol. The van der Waals surface area contributed by atoms with E-state index in [1.165, 1.54) is 35.6 Å². The van der Waals surface area contributed by atoms with Crippen molar-refractivity contribution in [2.24, 2.45) is 0 Å². The van der Waals surface area contributed by atoms with Crippen LogP contribution in [-0.4, -0.2) is 24.9 Å². The Morgan fingerprint density at radius 2 is 1.65 bits per heavy atom. The number of halogens is 1. The van der Waals surface area contributed by atoms with Crippen LogP contribution in [0.1, 0.15) is 52.8 Å². The minimum atomic E-state index is -0.392. The molecular weight excluding hydrogens is 331 g/mol. The zero-order valence-electron chi connectivity index (χ0n) is 14.9. The molecule has 0 radical (unpaired) electrons. The van der Waals surface area contributed by atoms with Crippen molar-refractivity contribution in [2.75, 3.05) is 11.9 Å². The van der Waals surface area contributed by atoms with E-state index in [0.717, 1.165) is 25.7 Å². The van der Waals surface area contributed by atoms with Crippen LogP contribution in [0.4, 0.5) is 10.1 Å². The molecule has 26 heavy (non-hydrogen) atoms. The van der Waals surface area contributed by atoms with E-state index < -0.39 is 5.82 Å². The normalized spacial score (nSPS) is 14.7. The van der Waals surface area contributed by atoms with Gasteiger partial charge in [-0.1, -0.05) is 31.4 Å². The zero-order chi connectivity index (χ0) is 18.5. The topological polar surface area (TPSA) is 49.4 Å². The van der Waals surface area contributed by atoms with Gasteiger partial charge in [0, 0.05) is 18.7 Å². The average Bonchev–Trinajstić information content (AvgIpc) is 2.68. The van der Waals surface area contributed by atoms with Gasteiger partial charge in [-0.3, -0.25) is 9.59 Å². The van der Waals surface area contributed by atoms with Gasteiger partial charge in [-0.05, 0) is 49.2 Å². The van der Waals surface area contributed by atoms with Crippen LogP contribution in [0.2, 0.25) is 0 Å². The summed E-state index contributed by atoms with van der Waals surface area (Å²) in [5, 5.41) is 3.09. The van der Waals surface area contributed by atoms with Gasteiger partial charge in [0.05, 0.1) is 11.3 Å². The van der Waals surface area contributed by atoms with E-state index in [-0.39, 0.29) is 17.9 Å². The number of nitrogens with zero attached hydrogens (tertiary/aromatic N) is 1. The second-order valence-corrected chi connectivity index (χ2v) is 6.70. The third-order valence-corrected chi connectivity index (χ3v) is 4.85. The number of benzene rings is 2. The molecule has 0 spiro atoms. The van der Waals surface area contributed by atoms with Gasteiger partial charge in [-0.2, -0.15) is 0 Å². The average molecular weight is 354 g/mol. The molecule has 0 aromatic heterocycles. The molecule has 0 bridgehead atoms. The maximum Gasteiger partial charge on any atom is 0.258 e. The quantitative estimate of drug-likeness (QED) is 0.896. The summed E-state index contributed by atoms with van der Waals surface area (Å²) in [4.78, 5) is 26.9. The highest BCUT2D eigenvalue weighted by molar-refractivity contribution is 6.10. The van der Waals surface area contributed by atoms with Crippen molar-refractivity contribution in [3.63, 3.8) is 0 Å². The predicted octanol–water partition coefficient (Wildman–Crippen LogP) is 4.16. The van der Waals surface area contributed by atoms with E-state index in [0.29, 0.717) is 16.8 Å². The van der Waals surface area contributed by atoms with Crippen molar-refractivity contribution in [1.82, 2.24) is 5.32 Å². The number of nitrogens with one attached hydrogen (secondary N) is 1. The van der Waals surface area contributed by atoms with Gasteiger partial charge < -0.3 is 10.2 Å². The minimum absolute atomic E-state index is 0.161. The highest BCUT2D eigenvalue weighted by Crippen LogP contribution is 2.23. The summed E-state index contributed by atoms with van der Waals surface area (Å²) in [6.45, 7) is 0. The first-order valence-corrected chi connectivity index (χ1v) is 9.00. The van der Waals surface area contributed by atoms with Crippen molar-refractivity contribution in [2.45, 2.75) is 38.1 Å². The fourth-order valence-corrected chi connectivity index (χ4v) is 3.36. The highest BCUT2D eigenvalue weighted by atomic mass is 19.1. The summed E-state index contributed by atoms with van der Waals surface area (Å²) in [6.07, 6.45) is 5.49. The van der Waals surface area contributed by atoms with Crippen LogP contribution in [0.5, 0.6) is 0 Å². The molecule has 1 aliphatic carbocycles. The van der Waals surface area contributed by atoms with E-state index in [9.17, 15) is 14.0 Å². The fraction of sp³-hybridized carbons (Fsp3) is 0.333. The molecule has 0 heterocycles. The highest BCUT2D eigenvalue weighted by Gasteiger charge is 2.22. The molecule has 0 aliphatic heterocycles. The molecule has 2 aromatic carbocycles. The second-order valence-electron chi connectivity index (χ2n) is 6.70. The van der Waals surface area contributed by atoms with Crippen molar-refractivity contribution in [3.8, 4) is 0 Å². The van der Waals surface area contributed by atoms with Crippen LogP contribution in [0.25, 0.3) is 0 Å². The van der Waals surface area contributed by atoms with Crippen LogP contribution >= 0.6 is 0 Å². The van der Waals surface area contributed by atoms with Gasteiger partial charge >= 0.3 is 0 Å². The van der Waals surface area contributed by atoms with Gasteiger partial charge in [0.15, 0.2) is 0 Å². The number of carbonyl (C=O) groups excluding carboxylic acids is 2. The summed E-state index contributed by atoms with van der Waals surface area (Å²) < 4.78 is 13.1. The first-order valence-electron chi connectivity index (χ1n) is 9.00. The Balaban J connectivity index is 1.80. The molecule has 0 saturated heterocycles. The smallest absolute Gasteiger partial charge is 0.258 e. The Morgan fingerprint density at radius 1 is 1.00 bits per heavy atom. The maximum absolute atomic E-state index is 13.1. The molecule has 1 saturated carbocycles. The number of amides is 2. The molecule has 5 heteroatoms. The molecule has 4 nitrogen and oxygen atoms in total. The Morgan fingerprint density at radius 3 is 2.35 bits per heavy atom. The third kappa shape index (κ3) is 4.10. The molecule has 0 atom stereocenters. The molecular formula is C21H23FN2O2. The Kier molecular flexibility index (Phi) is 5.66. The van der Waals surface area contributed by atoms with E-state index >= 15 is 0 Å². The van der Waals surface area contributed by atoms with E-state index in [1.54, 1.807) is 31.3 Å². The molecule has 3 rings (SSSR count). The number of hydrogen-bond acceptors (Lipinski definition) is 2. The number of carbonyl (C=O) groups is 2. The van der Waals surface area contributed by atoms with Crippen LogP contribution in [0.3, 0.4) is 0 Å². The third-order valence-electron chi connectivity index (χ3n) is 4.85. The lowest BCUT2D eigenvalue weighted by molar-refractivity contribution is 0.0928. The molecule has 1 N–H and O–H groups in total. The largest absolute Gasteiger partial charge is 0.349 e. The first-order chi connectivity index (χ1) is 12.6. The van der Waals surface area contributed by atoms with Crippen LogP contribution in [0.15, 0.2) is 48.5 Å². The Hall–Kier alpha value is -2.69. The van der Waals surface area contributed by atoms with Gasteiger partial charge in [-0.25, -0.2) is 4.39 Å². The van der Waals surface area contributed by atoms with Crippen LogP contribution in [-0.2, 0) is 0 Å². The zero-order valence-corrected chi connectivity index (χ0v) is 14.9.